The molecule has 0 saturated heterocycles. The summed E-state index contributed by atoms with van der Waals surface area (Å²) in [5.74, 6) is 0. The van der Waals surface area contributed by atoms with Crippen molar-refractivity contribution in [3.8, 4) is 67.0 Å². The second-order valence-corrected chi connectivity index (χ2v) is 14.7. The second-order valence-electron chi connectivity index (χ2n) is 13.6. The first-order valence-electron chi connectivity index (χ1n) is 17.8. The van der Waals surface area contributed by atoms with Gasteiger partial charge < -0.3 is 0 Å². The van der Waals surface area contributed by atoms with Gasteiger partial charge in [-0.1, -0.05) is 140 Å². The summed E-state index contributed by atoms with van der Waals surface area (Å²) in [7, 11) is 0. The van der Waals surface area contributed by atoms with Crippen LogP contribution in [0.5, 0.6) is 0 Å². The van der Waals surface area contributed by atoms with Crippen molar-refractivity contribution in [2.24, 2.45) is 0 Å². The maximum absolute atomic E-state index is 5.07. The summed E-state index contributed by atoms with van der Waals surface area (Å²) in [6, 6.07) is 54.6. The molecule has 7 aromatic carbocycles. The van der Waals surface area contributed by atoms with Crippen molar-refractivity contribution >= 4 is 31.5 Å². The average Bonchev–Trinajstić information content (AvgIpc) is 3.78. The zero-order valence-corrected chi connectivity index (χ0v) is 29.7. The highest BCUT2D eigenvalue weighted by molar-refractivity contribution is 7.26. The largest absolute Gasteiger partial charge is 0.135 e. The summed E-state index contributed by atoms with van der Waals surface area (Å²) in [6.07, 6.45) is 0.901. The third kappa shape index (κ3) is 4.75. The highest BCUT2D eigenvalue weighted by Crippen LogP contribution is 2.51. The molecule has 9 aromatic rings. The normalized spacial score (nSPS) is 12.0. The number of rotatable bonds is 5. The SMILES string of the molecule is Cc1ccc(-c2c(-c3ccccc3)nnnc2-c2c(-c3ccccc3)ccc3sc4ccccc4c23)c(-c2cccc3c2Cc2ccccc2-3)c1C. The van der Waals surface area contributed by atoms with E-state index in [1.165, 1.54) is 64.7 Å². The fourth-order valence-corrected chi connectivity index (χ4v) is 9.35. The first-order valence-corrected chi connectivity index (χ1v) is 18.6. The molecule has 0 spiro atoms. The van der Waals surface area contributed by atoms with Crippen molar-refractivity contribution in [1.82, 2.24) is 15.4 Å². The van der Waals surface area contributed by atoms with Crippen molar-refractivity contribution in [2.75, 3.05) is 0 Å². The molecule has 52 heavy (non-hydrogen) atoms. The Morgan fingerprint density at radius 2 is 1.13 bits per heavy atom. The minimum Gasteiger partial charge on any atom is -0.135 e. The van der Waals surface area contributed by atoms with Crippen LogP contribution in [0.3, 0.4) is 0 Å². The fourth-order valence-electron chi connectivity index (χ4n) is 8.24. The first-order chi connectivity index (χ1) is 25.7. The highest BCUT2D eigenvalue weighted by Gasteiger charge is 2.29. The van der Waals surface area contributed by atoms with Gasteiger partial charge in [0.25, 0.3) is 0 Å². The van der Waals surface area contributed by atoms with E-state index in [-0.39, 0.29) is 0 Å². The molecule has 0 amide bonds. The Hall–Kier alpha value is -6.23. The van der Waals surface area contributed by atoms with Gasteiger partial charge in [-0.05, 0) is 98.8 Å². The number of benzene rings is 7. The molecule has 0 aliphatic heterocycles. The molecule has 2 aromatic heterocycles. The predicted molar refractivity (Wildman–Crippen MR) is 218 cm³/mol. The van der Waals surface area contributed by atoms with E-state index in [9.17, 15) is 0 Å². The van der Waals surface area contributed by atoms with Crippen LogP contribution in [0.1, 0.15) is 22.3 Å². The molecule has 0 fully saturated rings. The number of hydrogen-bond donors (Lipinski definition) is 0. The van der Waals surface area contributed by atoms with Gasteiger partial charge in [-0.15, -0.1) is 21.5 Å². The number of hydrogen-bond acceptors (Lipinski definition) is 4. The zero-order chi connectivity index (χ0) is 34.8. The molecule has 1 aliphatic carbocycles. The molecule has 0 radical (unpaired) electrons. The molecule has 0 bridgehead atoms. The molecule has 2 heterocycles. The third-order valence-electron chi connectivity index (χ3n) is 10.8. The van der Waals surface area contributed by atoms with Crippen molar-refractivity contribution < 1.29 is 0 Å². The lowest BCUT2D eigenvalue weighted by atomic mass is 9.82. The molecule has 4 heteroatoms. The lowest BCUT2D eigenvalue weighted by Crippen LogP contribution is -2.04. The molecule has 0 atom stereocenters. The Balaban J connectivity index is 1.36. The molecule has 246 valence electrons. The minimum atomic E-state index is 0.821. The summed E-state index contributed by atoms with van der Waals surface area (Å²) in [5, 5.41) is 16.9. The van der Waals surface area contributed by atoms with Gasteiger partial charge in [0.15, 0.2) is 0 Å². The van der Waals surface area contributed by atoms with Crippen LogP contribution in [-0.2, 0) is 6.42 Å². The van der Waals surface area contributed by atoms with E-state index < -0.39 is 0 Å². The lowest BCUT2D eigenvalue weighted by molar-refractivity contribution is 0.879. The number of fused-ring (bicyclic) bond motifs is 6. The first kappa shape index (κ1) is 30.6. The Labute approximate surface area is 306 Å². The Bertz CT molecular complexity index is 2840. The van der Waals surface area contributed by atoms with Crippen LogP contribution in [0.2, 0.25) is 0 Å². The minimum absolute atomic E-state index is 0.821. The van der Waals surface area contributed by atoms with Crippen molar-refractivity contribution in [2.45, 2.75) is 20.3 Å². The van der Waals surface area contributed by atoms with Crippen LogP contribution < -0.4 is 0 Å². The Morgan fingerprint density at radius 1 is 0.462 bits per heavy atom. The van der Waals surface area contributed by atoms with Crippen LogP contribution in [0.15, 0.2) is 152 Å². The molecule has 0 unspecified atom stereocenters. The van der Waals surface area contributed by atoms with Crippen molar-refractivity contribution in [3.63, 3.8) is 0 Å². The van der Waals surface area contributed by atoms with E-state index in [0.717, 1.165) is 51.2 Å². The number of nitrogens with zero attached hydrogens (tertiary/aromatic N) is 3. The Kier molecular flexibility index (Phi) is 7.19. The summed E-state index contributed by atoms with van der Waals surface area (Å²) in [5.41, 5.74) is 18.5. The molecule has 0 N–H and O–H groups in total. The molecule has 1 aliphatic rings. The van der Waals surface area contributed by atoms with Gasteiger partial charge in [0.2, 0.25) is 0 Å². The smallest absolute Gasteiger partial charge is 0.106 e. The number of thiophene rings is 1. The van der Waals surface area contributed by atoms with Gasteiger partial charge in [0.1, 0.15) is 11.4 Å². The molecular weight excluding hydrogens is 651 g/mol. The highest BCUT2D eigenvalue weighted by atomic mass is 32.1. The van der Waals surface area contributed by atoms with Crippen LogP contribution in [0.4, 0.5) is 0 Å². The van der Waals surface area contributed by atoms with Gasteiger partial charge in [-0.2, -0.15) is 0 Å². The van der Waals surface area contributed by atoms with E-state index in [1.807, 2.05) is 11.3 Å². The van der Waals surface area contributed by atoms with Crippen LogP contribution in [0, 0.1) is 13.8 Å². The topological polar surface area (TPSA) is 38.7 Å². The van der Waals surface area contributed by atoms with E-state index in [1.54, 1.807) is 0 Å². The molecule has 3 nitrogen and oxygen atoms in total. The van der Waals surface area contributed by atoms with Crippen LogP contribution in [-0.4, -0.2) is 15.4 Å². The predicted octanol–water partition coefficient (Wildman–Crippen LogP) is 12.8. The van der Waals surface area contributed by atoms with Gasteiger partial charge in [0, 0.05) is 36.9 Å². The van der Waals surface area contributed by atoms with E-state index in [4.69, 9.17) is 10.2 Å². The average molecular weight is 684 g/mol. The van der Waals surface area contributed by atoms with E-state index >= 15 is 0 Å². The standard InChI is InChI=1S/C48H33N3S/c1-29-24-25-39(43(30(29)2)37-22-13-21-36-34-19-10-9-18-33(34)28-40(36)37)46-47(32-16-7-4-8-17-32)49-51-50-48(46)45-35(31-14-5-3-6-15-31)26-27-42-44(45)38-20-11-12-23-41(38)52-42/h3-27H,28H2,1-2H3. The third-order valence-corrected chi connectivity index (χ3v) is 11.9. The molecule has 10 rings (SSSR count). The van der Waals surface area contributed by atoms with Crippen molar-refractivity contribution in [3.05, 3.63) is 174 Å². The van der Waals surface area contributed by atoms with Gasteiger partial charge in [-0.3, -0.25) is 0 Å². The summed E-state index contributed by atoms with van der Waals surface area (Å²) >= 11 is 1.82. The molecule has 0 saturated carbocycles. The molecular formula is C48H33N3S. The quantitative estimate of drug-likeness (QED) is 0.181. The van der Waals surface area contributed by atoms with Gasteiger partial charge in [0.05, 0.1) is 0 Å². The maximum Gasteiger partial charge on any atom is 0.106 e. The van der Waals surface area contributed by atoms with Crippen LogP contribution >= 0.6 is 11.3 Å². The summed E-state index contributed by atoms with van der Waals surface area (Å²) < 4.78 is 2.47. The summed E-state index contributed by atoms with van der Waals surface area (Å²) in [6.45, 7) is 4.48. The number of aromatic nitrogens is 3. The van der Waals surface area contributed by atoms with Crippen molar-refractivity contribution in [1.29, 1.82) is 0 Å². The fraction of sp³-hybridized carbons (Fsp3) is 0.0625. The monoisotopic (exact) mass is 683 g/mol. The zero-order valence-electron chi connectivity index (χ0n) is 28.9. The summed E-state index contributed by atoms with van der Waals surface area (Å²) in [4.78, 5) is 0. The van der Waals surface area contributed by atoms with Gasteiger partial charge >= 0.3 is 0 Å². The van der Waals surface area contributed by atoms with E-state index in [2.05, 4.69) is 171 Å². The van der Waals surface area contributed by atoms with Gasteiger partial charge in [-0.25, -0.2) is 0 Å². The lowest BCUT2D eigenvalue weighted by Gasteiger charge is -2.22. The Morgan fingerprint density at radius 3 is 1.98 bits per heavy atom. The van der Waals surface area contributed by atoms with E-state index in [0.29, 0.717) is 0 Å². The number of aryl methyl sites for hydroxylation is 1. The maximum atomic E-state index is 5.07. The van der Waals surface area contributed by atoms with Crippen LogP contribution in [0.25, 0.3) is 87.2 Å². The second kappa shape index (κ2) is 12.2.